The maximum atomic E-state index is 13.9. The largest absolute Gasteiger partial charge is 0.479 e. The summed E-state index contributed by atoms with van der Waals surface area (Å²) in [7, 11) is 0. The Kier molecular flexibility index (Phi) is 6.51. The van der Waals surface area contributed by atoms with E-state index in [1.54, 1.807) is 10.9 Å². The number of hydrogen-bond acceptors (Lipinski definition) is 8. The maximum absolute atomic E-state index is 13.9. The molecule has 172 valence electrons. The number of nitrogens with one attached hydrogen (secondary N) is 1. The zero-order valence-corrected chi connectivity index (χ0v) is 17.7. The number of carboxylic acids is 1. The van der Waals surface area contributed by atoms with Crippen molar-refractivity contribution in [2.45, 2.75) is 31.6 Å². The van der Waals surface area contributed by atoms with E-state index in [9.17, 15) is 23.2 Å². The molecule has 3 aromatic rings. The standard InChI is InChI=1S/C20H17F2N5O5S/c21-13-2-1-3-14(22)16(13)27-7-12(25-26-27)6-23-19(29)10(4-11-8-33-9-24-11)5-15(28)17-18(32-17)20(30)31/h1-3,7-10,17-18H,4-6H2,(H,23,29)(H,30,31)/t10-,17-,18+/m1/s1. The van der Waals surface area contributed by atoms with Crippen LogP contribution in [0.2, 0.25) is 0 Å². The fourth-order valence-corrected chi connectivity index (χ4v) is 3.84. The van der Waals surface area contributed by atoms with E-state index in [-0.39, 0.29) is 25.1 Å². The van der Waals surface area contributed by atoms with E-state index >= 15 is 0 Å². The number of benzene rings is 1. The molecule has 1 saturated heterocycles. The van der Waals surface area contributed by atoms with Crippen molar-refractivity contribution in [1.82, 2.24) is 25.3 Å². The van der Waals surface area contributed by atoms with Crippen molar-refractivity contribution in [3.63, 3.8) is 0 Å². The lowest BCUT2D eigenvalue weighted by atomic mass is 9.94. The van der Waals surface area contributed by atoms with Gasteiger partial charge in [0.05, 0.1) is 29.9 Å². The summed E-state index contributed by atoms with van der Waals surface area (Å²) in [6.07, 6.45) is -1.04. The van der Waals surface area contributed by atoms with Crippen molar-refractivity contribution in [3.05, 3.63) is 58.3 Å². The van der Waals surface area contributed by atoms with Gasteiger partial charge in [0, 0.05) is 18.2 Å². The van der Waals surface area contributed by atoms with Crippen LogP contribution >= 0.6 is 11.3 Å². The highest BCUT2D eigenvalue weighted by Crippen LogP contribution is 2.27. The van der Waals surface area contributed by atoms with Crippen molar-refractivity contribution in [2.75, 3.05) is 0 Å². The number of carbonyl (C=O) groups excluding carboxylic acids is 2. The minimum absolute atomic E-state index is 0.103. The number of hydrogen-bond donors (Lipinski definition) is 2. The molecule has 2 N–H and O–H groups in total. The van der Waals surface area contributed by atoms with E-state index in [2.05, 4.69) is 20.6 Å². The summed E-state index contributed by atoms with van der Waals surface area (Å²) in [6, 6.07) is 3.39. The van der Waals surface area contributed by atoms with Gasteiger partial charge in [-0.25, -0.2) is 23.2 Å². The number of thiazole rings is 1. The lowest BCUT2D eigenvalue weighted by Gasteiger charge is -2.14. The number of ether oxygens (including phenoxy) is 1. The van der Waals surface area contributed by atoms with Gasteiger partial charge in [-0.15, -0.1) is 16.4 Å². The van der Waals surface area contributed by atoms with Crippen LogP contribution in [-0.2, 0) is 32.1 Å². The summed E-state index contributed by atoms with van der Waals surface area (Å²) in [5, 5.41) is 20.8. The van der Waals surface area contributed by atoms with Crippen molar-refractivity contribution in [3.8, 4) is 5.69 Å². The van der Waals surface area contributed by atoms with Crippen LogP contribution in [-0.4, -0.2) is 55.0 Å². The van der Waals surface area contributed by atoms with Crippen LogP contribution in [0.15, 0.2) is 35.3 Å². The van der Waals surface area contributed by atoms with Gasteiger partial charge in [0.1, 0.15) is 11.4 Å². The Hall–Kier alpha value is -3.58. The maximum Gasteiger partial charge on any atom is 0.336 e. The third-order valence-corrected chi connectivity index (χ3v) is 5.60. The van der Waals surface area contributed by atoms with Crippen molar-refractivity contribution >= 4 is 29.0 Å². The fraction of sp³-hybridized carbons (Fsp3) is 0.300. The number of ketones is 1. The van der Waals surface area contributed by atoms with Gasteiger partial charge in [-0.05, 0) is 12.1 Å². The fourth-order valence-electron chi connectivity index (χ4n) is 3.27. The molecule has 10 nitrogen and oxygen atoms in total. The molecule has 1 amide bonds. The van der Waals surface area contributed by atoms with E-state index < -0.39 is 53.1 Å². The molecule has 13 heteroatoms. The highest BCUT2D eigenvalue weighted by atomic mass is 32.1. The van der Waals surface area contributed by atoms with Crippen LogP contribution in [0.3, 0.4) is 0 Å². The number of Topliss-reactive ketones (excluding diaryl/α,β-unsaturated/α-hetero) is 1. The Morgan fingerprint density at radius 2 is 1.97 bits per heavy atom. The molecule has 3 heterocycles. The molecule has 0 saturated carbocycles. The van der Waals surface area contributed by atoms with Crippen LogP contribution in [0, 0.1) is 17.6 Å². The molecule has 1 aliphatic heterocycles. The lowest BCUT2D eigenvalue weighted by Crippen LogP contribution is -2.34. The summed E-state index contributed by atoms with van der Waals surface area (Å²) in [5.41, 5.74) is 2.05. The number of halogens is 2. The number of nitrogens with zero attached hydrogens (tertiary/aromatic N) is 4. The molecule has 0 spiro atoms. The number of carbonyl (C=O) groups is 3. The lowest BCUT2D eigenvalue weighted by molar-refractivity contribution is -0.138. The molecule has 1 aromatic carbocycles. The Bertz CT molecular complexity index is 1170. The third-order valence-electron chi connectivity index (χ3n) is 4.96. The molecule has 3 atom stereocenters. The molecule has 0 aliphatic carbocycles. The summed E-state index contributed by atoms with van der Waals surface area (Å²) < 4.78 is 33.7. The van der Waals surface area contributed by atoms with Crippen LogP contribution in [0.5, 0.6) is 0 Å². The minimum atomic E-state index is -1.23. The first-order valence-corrected chi connectivity index (χ1v) is 10.7. The Labute approximate surface area is 189 Å². The van der Waals surface area contributed by atoms with Gasteiger partial charge in [0.15, 0.2) is 29.6 Å². The van der Waals surface area contributed by atoms with Crippen LogP contribution in [0.1, 0.15) is 17.8 Å². The molecule has 4 rings (SSSR count). The number of epoxide rings is 1. The number of para-hydroxylation sites is 1. The zero-order valence-electron chi connectivity index (χ0n) is 16.9. The predicted octanol–water partition coefficient (Wildman–Crippen LogP) is 1.29. The Morgan fingerprint density at radius 1 is 1.21 bits per heavy atom. The second-order valence-corrected chi connectivity index (χ2v) is 8.03. The van der Waals surface area contributed by atoms with Gasteiger partial charge < -0.3 is 15.2 Å². The number of aliphatic carboxylic acids is 1. The first kappa shape index (κ1) is 22.6. The van der Waals surface area contributed by atoms with Crippen LogP contribution in [0.4, 0.5) is 8.78 Å². The molecule has 0 bridgehead atoms. The number of rotatable bonds is 10. The van der Waals surface area contributed by atoms with E-state index in [0.717, 1.165) is 16.8 Å². The first-order valence-electron chi connectivity index (χ1n) is 9.75. The van der Waals surface area contributed by atoms with E-state index in [1.165, 1.54) is 23.6 Å². The normalized spacial score (nSPS) is 18.0. The van der Waals surface area contributed by atoms with Crippen molar-refractivity contribution in [2.24, 2.45) is 5.92 Å². The highest BCUT2D eigenvalue weighted by Gasteiger charge is 2.50. The Balaban J connectivity index is 1.41. The van der Waals surface area contributed by atoms with Crippen molar-refractivity contribution < 1.29 is 33.0 Å². The Morgan fingerprint density at radius 3 is 2.61 bits per heavy atom. The molecular weight excluding hydrogens is 460 g/mol. The van der Waals surface area contributed by atoms with Gasteiger partial charge in [0.25, 0.3) is 0 Å². The smallest absolute Gasteiger partial charge is 0.336 e. The zero-order chi connectivity index (χ0) is 23.5. The molecule has 0 unspecified atom stereocenters. The molecule has 0 radical (unpaired) electrons. The second kappa shape index (κ2) is 9.50. The monoisotopic (exact) mass is 477 g/mol. The van der Waals surface area contributed by atoms with Crippen molar-refractivity contribution in [1.29, 1.82) is 0 Å². The molecule has 1 fully saturated rings. The average Bonchev–Trinajstić information content (AvgIpc) is 3.18. The van der Waals surface area contributed by atoms with E-state index in [4.69, 9.17) is 9.84 Å². The molecule has 33 heavy (non-hydrogen) atoms. The number of carboxylic acid groups (broad SMARTS) is 1. The number of aromatic nitrogens is 4. The van der Waals surface area contributed by atoms with Gasteiger partial charge in [-0.3, -0.25) is 9.59 Å². The molecular formula is C20H17F2N5O5S. The topological polar surface area (TPSA) is 140 Å². The third kappa shape index (κ3) is 5.26. The summed E-state index contributed by atoms with van der Waals surface area (Å²) in [4.78, 5) is 40.2. The predicted molar refractivity (Wildman–Crippen MR) is 108 cm³/mol. The van der Waals surface area contributed by atoms with E-state index in [0.29, 0.717) is 5.69 Å². The summed E-state index contributed by atoms with van der Waals surface area (Å²) >= 11 is 1.34. The van der Waals surface area contributed by atoms with Gasteiger partial charge in [-0.2, -0.15) is 0 Å². The first-order chi connectivity index (χ1) is 15.8. The SMILES string of the molecule is O=C(NCc1cn(-c2c(F)cccc2F)nn1)[C@@H](CC(=O)[C@H]1O[C@@H]1C(=O)O)Cc1cscn1. The number of amides is 1. The quantitative estimate of drug-likeness (QED) is 0.417. The van der Waals surface area contributed by atoms with Gasteiger partial charge >= 0.3 is 5.97 Å². The molecule has 1 aliphatic rings. The van der Waals surface area contributed by atoms with Crippen LogP contribution in [0.25, 0.3) is 5.69 Å². The summed E-state index contributed by atoms with van der Waals surface area (Å²) in [5.74, 6) is -4.67. The second-order valence-electron chi connectivity index (χ2n) is 7.31. The average molecular weight is 477 g/mol. The van der Waals surface area contributed by atoms with Gasteiger partial charge in [-0.1, -0.05) is 11.3 Å². The molecule has 2 aromatic heterocycles. The van der Waals surface area contributed by atoms with Gasteiger partial charge in [0.2, 0.25) is 5.91 Å². The summed E-state index contributed by atoms with van der Waals surface area (Å²) in [6.45, 7) is -0.103. The van der Waals surface area contributed by atoms with E-state index in [1.807, 2.05) is 0 Å². The van der Waals surface area contributed by atoms with Crippen LogP contribution < -0.4 is 5.32 Å². The highest BCUT2D eigenvalue weighted by molar-refractivity contribution is 7.07. The minimum Gasteiger partial charge on any atom is -0.479 e.